The van der Waals surface area contributed by atoms with Crippen molar-refractivity contribution in [3.8, 4) is 0 Å². The van der Waals surface area contributed by atoms with Crippen molar-refractivity contribution in [1.82, 2.24) is 0 Å². The molecule has 0 heterocycles. The summed E-state index contributed by atoms with van der Waals surface area (Å²) in [6.45, 7) is 6.36. The Morgan fingerprint density at radius 1 is 0.404 bits per heavy atom. The van der Waals surface area contributed by atoms with Gasteiger partial charge in [-0.3, -0.25) is 14.4 Å². The number of esters is 3. The average molecular weight is 729 g/mol. The summed E-state index contributed by atoms with van der Waals surface area (Å²) < 4.78 is 16.5. The van der Waals surface area contributed by atoms with E-state index in [1.54, 1.807) is 0 Å². The molecule has 0 aromatic carbocycles. The van der Waals surface area contributed by atoms with Gasteiger partial charge < -0.3 is 14.2 Å². The second kappa shape index (κ2) is 41.1. The molecule has 0 aliphatic carbocycles. The number of hydrogen-bond donors (Lipinski definition) is 0. The normalized spacial score (nSPS) is 12.4. The molecule has 300 valence electrons. The number of ether oxygens (including phenoxy) is 3. The predicted molar refractivity (Wildman–Crippen MR) is 219 cm³/mol. The molecule has 0 aromatic rings. The Kier molecular flexibility index (Phi) is 39.1. The van der Waals surface area contributed by atoms with Crippen molar-refractivity contribution in [2.45, 2.75) is 213 Å². The van der Waals surface area contributed by atoms with Crippen LogP contribution in [0.1, 0.15) is 207 Å². The molecule has 6 nitrogen and oxygen atoms in total. The van der Waals surface area contributed by atoms with Crippen LogP contribution in [0.25, 0.3) is 0 Å². The largest absolute Gasteiger partial charge is 0.462 e. The van der Waals surface area contributed by atoms with Gasteiger partial charge in [0.05, 0.1) is 0 Å². The Labute approximate surface area is 320 Å². The van der Waals surface area contributed by atoms with Crippen LogP contribution in [0.4, 0.5) is 0 Å². The third kappa shape index (κ3) is 38.6. The molecule has 0 spiro atoms. The first-order chi connectivity index (χ1) is 25.5. The SMILES string of the molecule is CC/C=C\C/C=C\C/C=C\C/C=C\CCC(=O)OC(COC(=O)CCCCCCC)COC(=O)CCCCCCCCCCCCCCCCCC. The third-order valence-corrected chi connectivity index (χ3v) is 9.11. The second-order valence-electron chi connectivity index (χ2n) is 14.2. The standard InChI is InChI=1S/C46H80O6/c1-4-7-10-13-15-17-19-21-22-23-25-26-28-30-33-36-39-45(48)51-42-43(41-50-44(47)38-35-32-12-9-6-3)52-46(49)40-37-34-31-29-27-24-20-18-16-14-11-8-5-2/h8,11,16,18,24,27,31,34,43H,4-7,9-10,12-15,17,19-23,25-26,28-30,32-33,35-42H2,1-3H3/b11-8-,18-16-,27-24-,34-31-. The highest BCUT2D eigenvalue weighted by atomic mass is 16.6. The van der Waals surface area contributed by atoms with E-state index in [4.69, 9.17) is 14.2 Å². The van der Waals surface area contributed by atoms with E-state index in [1.807, 2.05) is 12.2 Å². The van der Waals surface area contributed by atoms with E-state index >= 15 is 0 Å². The number of carbonyl (C=O) groups excluding carboxylic acids is 3. The minimum atomic E-state index is -0.802. The molecule has 1 atom stereocenters. The lowest BCUT2D eigenvalue weighted by molar-refractivity contribution is -0.166. The van der Waals surface area contributed by atoms with E-state index in [2.05, 4.69) is 57.2 Å². The molecule has 1 unspecified atom stereocenters. The van der Waals surface area contributed by atoms with Crippen molar-refractivity contribution in [2.24, 2.45) is 0 Å². The summed E-state index contributed by atoms with van der Waals surface area (Å²) in [5.41, 5.74) is 0. The van der Waals surface area contributed by atoms with Gasteiger partial charge in [0.2, 0.25) is 0 Å². The van der Waals surface area contributed by atoms with E-state index in [0.717, 1.165) is 70.6 Å². The average Bonchev–Trinajstić information content (AvgIpc) is 3.14. The number of hydrogen-bond acceptors (Lipinski definition) is 6. The fourth-order valence-electron chi connectivity index (χ4n) is 5.87. The van der Waals surface area contributed by atoms with Gasteiger partial charge in [0.1, 0.15) is 13.2 Å². The molecule has 0 fully saturated rings. The molecule has 0 aromatic heterocycles. The van der Waals surface area contributed by atoms with Crippen LogP contribution in [0.5, 0.6) is 0 Å². The first-order valence-electron chi connectivity index (χ1n) is 21.6. The van der Waals surface area contributed by atoms with Gasteiger partial charge in [-0.2, -0.15) is 0 Å². The highest BCUT2D eigenvalue weighted by molar-refractivity contribution is 5.71. The molecular weight excluding hydrogens is 648 g/mol. The smallest absolute Gasteiger partial charge is 0.306 e. The van der Waals surface area contributed by atoms with E-state index in [-0.39, 0.29) is 31.6 Å². The maximum atomic E-state index is 12.6. The van der Waals surface area contributed by atoms with Crippen LogP contribution in [0, 0.1) is 0 Å². The molecule has 0 saturated carbocycles. The maximum absolute atomic E-state index is 12.6. The first-order valence-corrected chi connectivity index (χ1v) is 21.6. The molecule has 6 heteroatoms. The van der Waals surface area contributed by atoms with Crippen molar-refractivity contribution in [3.05, 3.63) is 48.6 Å². The number of rotatable bonds is 38. The van der Waals surface area contributed by atoms with Gasteiger partial charge in [-0.25, -0.2) is 0 Å². The zero-order chi connectivity index (χ0) is 38.0. The molecule has 0 radical (unpaired) electrons. The number of unbranched alkanes of at least 4 members (excludes halogenated alkanes) is 19. The van der Waals surface area contributed by atoms with Gasteiger partial charge in [-0.05, 0) is 44.9 Å². The Bertz CT molecular complexity index is 933. The molecule has 0 bridgehead atoms. The minimum absolute atomic E-state index is 0.100. The van der Waals surface area contributed by atoms with E-state index < -0.39 is 12.1 Å². The minimum Gasteiger partial charge on any atom is -0.462 e. The quantitative estimate of drug-likeness (QED) is 0.0272. The summed E-state index contributed by atoms with van der Waals surface area (Å²) in [4.78, 5) is 37.4. The Balaban J connectivity index is 4.30. The van der Waals surface area contributed by atoms with Crippen LogP contribution in [0.2, 0.25) is 0 Å². The van der Waals surface area contributed by atoms with Crippen molar-refractivity contribution in [1.29, 1.82) is 0 Å². The van der Waals surface area contributed by atoms with Crippen LogP contribution in [-0.4, -0.2) is 37.2 Å². The third-order valence-electron chi connectivity index (χ3n) is 9.11. The van der Waals surface area contributed by atoms with Gasteiger partial charge in [0, 0.05) is 19.3 Å². The van der Waals surface area contributed by atoms with Crippen LogP contribution in [0.15, 0.2) is 48.6 Å². The molecule has 0 N–H and O–H groups in total. The summed E-state index contributed by atoms with van der Waals surface area (Å²) in [7, 11) is 0. The maximum Gasteiger partial charge on any atom is 0.306 e. The Morgan fingerprint density at radius 3 is 1.13 bits per heavy atom. The lowest BCUT2D eigenvalue weighted by Gasteiger charge is -2.18. The summed E-state index contributed by atoms with van der Waals surface area (Å²) in [5.74, 6) is -0.998. The van der Waals surface area contributed by atoms with Gasteiger partial charge in [-0.1, -0.05) is 191 Å². The Morgan fingerprint density at radius 2 is 0.750 bits per heavy atom. The summed E-state index contributed by atoms with van der Waals surface area (Å²) in [6, 6.07) is 0. The van der Waals surface area contributed by atoms with Crippen molar-refractivity contribution in [2.75, 3.05) is 13.2 Å². The molecule has 0 aliphatic heterocycles. The Hall–Kier alpha value is -2.63. The molecule has 0 saturated heterocycles. The predicted octanol–water partition coefficient (Wildman–Crippen LogP) is 13.6. The molecule has 0 rings (SSSR count). The van der Waals surface area contributed by atoms with Crippen LogP contribution in [-0.2, 0) is 28.6 Å². The molecular formula is C46H80O6. The second-order valence-corrected chi connectivity index (χ2v) is 14.2. The fraction of sp³-hybridized carbons (Fsp3) is 0.761. The topological polar surface area (TPSA) is 78.9 Å². The van der Waals surface area contributed by atoms with E-state index in [9.17, 15) is 14.4 Å². The van der Waals surface area contributed by atoms with Crippen molar-refractivity contribution >= 4 is 17.9 Å². The molecule has 0 aliphatic rings. The number of carbonyl (C=O) groups is 3. The zero-order valence-corrected chi connectivity index (χ0v) is 34.1. The van der Waals surface area contributed by atoms with Crippen molar-refractivity contribution < 1.29 is 28.6 Å². The highest BCUT2D eigenvalue weighted by Gasteiger charge is 2.19. The van der Waals surface area contributed by atoms with Crippen LogP contribution in [0.3, 0.4) is 0 Å². The van der Waals surface area contributed by atoms with E-state index in [1.165, 1.54) is 89.9 Å². The van der Waals surface area contributed by atoms with Crippen molar-refractivity contribution in [3.63, 3.8) is 0 Å². The summed E-state index contributed by atoms with van der Waals surface area (Å²) in [6.07, 6.45) is 47.1. The lowest BCUT2D eigenvalue weighted by Crippen LogP contribution is -2.30. The van der Waals surface area contributed by atoms with E-state index in [0.29, 0.717) is 19.3 Å². The highest BCUT2D eigenvalue weighted by Crippen LogP contribution is 2.15. The lowest BCUT2D eigenvalue weighted by atomic mass is 10.0. The molecule has 52 heavy (non-hydrogen) atoms. The molecule has 0 amide bonds. The fourth-order valence-corrected chi connectivity index (χ4v) is 5.87. The van der Waals surface area contributed by atoms with Gasteiger partial charge in [-0.15, -0.1) is 0 Å². The summed E-state index contributed by atoms with van der Waals surface area (Å²) in [5, 5.41) is 0. The van der Waals surface area contributed by atoms with Crippen LogP contribution < -0.4 is 0 Å². The first kappa shape index (κ1) is 49.4. The zero-order valence-electron chi connectivity index (χ0n) is 34.1. The van der Waals surface area contributed by atoms with Gasteiger partial charge in [0.25, 0.3) is 0 Å². The van der Waals surface area contributed by atoms with Crippen LogP contribution >= 0.6 is 0 Å². The monoisotopic (exact) mass is 729 g/mol. The van der Waals surface area contributed by atoms with Gasteiger partial charge >= 0.3 is 17.9 Å². The summed E-state index contributed by atoms with van der Waals surface area (Å²) >= 11 is 0. The van der Waals surface area contributed by atoms with Gasteiger partial charge in [0.15, 0.2) is 6.10 Å². The number of allylic oxidation sites excluding steroid dienone is 8.